The number of carbonyl (C=O) groups is 1. The zero-order valence-electron chi connectivity index (χ0n) is 15.2. The molecule has 1 aliphatic rings. The van der Waals surface area contributed by atoms with E-state index < -0.39 is 0 Å². The van der Waals surface area contributed by atoms with E-state index in [2.05, 4.69) is 22.4 Å². The summed E-state index contributed by atoms with van der Waals surface area (Å²) >= 11 is 0. The monoisotopic (exact) mass is 359 g/mol. The Morgan fingerprint density at radius 3 is 2.70 bits per heavy atom. The second-order valence-corrected chi connectivity index (χ2v) is 6.53. The molecule has 3 aromatic rings. The van der Waals surface area contributed by atoms with Crippen molar-refractivity contribution in [2.75, 3.05) is 19.0 Å². The number of carbonyl (C=O) groups excluding carboxylic acids is 1. The lowest BCUT2D eigenvalue weighted by Gasteiger charge is -2.28. The van der Waals surface area contributed by atoms with Gasteiger partial charge in [-0.1, -0.05) is 30.3 Å². The summed E-state index contributed by atoms with van der Waals surface area (Å²) in [6.45, 7) is 1.39. The Morgan fingerprint density at radius 2 is 1.93 bits per heavy atom. The largest absolute Gasteiger partial charge is 0.497 e. The number of aromatic nitrogens is 1. The Bertz CT molecular complexity index is 954. The molecule has 1 aliphatic heterocycles. The molecule has 0 saturated heterocycles. The Labute approximate surface area is 158 Å². The van der Waals surface area contributed by atoms with Crippen LogP contribution in [0.4, 0.5) is 11.5 Å². The molecule has 0 spiro atoms. The lowest BCUT2D eigenvalue weighted by molar-refractivity contribution is 0.0734. The molecule has 0 aliphatic carbocycles. The van der Waals surface area contributed by atoms with Gasteiger partial charge in [-0.05, 0) is 41.8 Å². The predicted molar refractivity (Wildman–Crippen MR) is 105 cm³/mol. The number of amides is 1. The summed E-state index contributed by atoms with van der Waals surface area (Å²) in [6, 6.07) is 19.6. The maximum Gasteiger partial charge on any atom is 0.255 e. The van der Waals surface area contributed by atoms with Gasteiger partial charge in [-0.25, -0.2) is 4.98 Å². The lowest BCUT2D eigenvalue weighted by atomic mass is 9.99. The van der Waals surface area contributed by atoms with E-state index in [1.807, 2.05) is 53.4 Å². The molecular formula is C22H21N3O2. The van der Waals surface area contributed by atoms with Crippen LogP contribution in [0.1, 0.15) is 21.5 Å². The Hall–Kier alpha value is -3.34. The van der Waals surface area contributed by atoms with Gasteiger partial charge in [0.05, 0.1) is 12.7 Å². The van der Waals surface area contributed by atoms with Crippen molar-refractivity contribution in [3.05, 3.63) is 83.6 Å². The molecule has 0 fully saturated rings. The van der Waals surface area contributed by atoms with Crippen molar-refractivity contribution in [1.82, 2.24) is 9.88 Å². The van der Waals surface area contributed by atoms with Gasteiger partial charge in [0, 0.05) is 31.0 Å². The fourth-order valence-corrected chi connectivity index (χ4v) is 3.29. The van der Waals surface area contributed by atoms with Crippen molar-refractivity contribution in [3.8, 4) is 5.75 Å². The molecule has 5 nitrogen and oxygen atoms in total. The van der Waals surface area contributed by atoms with Gasteiger partial charge in [0.2, 0.25) is 0 Å². The van der Waals surface area contributed by atoms with E-state index >= 15 is 0 Å². The summed E-state index contributed by atoms with van der Waals surface area (Å²) in [7, 11) is 1.64. The summed E-state index contributed by atoms with van der Waals surface area (Å²) in [4.78, 5) is 19.1. The average molecular weight is 359 g/mol. The molecule has 2 aromatic carbocycles. The number of rotatable bonds is 4. The third kappa shape index (κ3) is 3.77. The topological polar surface area (TPSA) is 54.5 Å². The van der Waals surface area contributed by atoms with Crippen LogP contribution in [-0.4, -0.2) is 29.4 Å². The number of benzene rings is 2. The van der Waals surface area contributed by atoms with Gasteiger partial charge in [-0.15, -0.1) is 0 Å². The van der Waals surface area contributed by atoms with Crippen molar-refractivity contribution in [2.45, 2.75) is 13.0 Å². The van der Waals surface area contributed by atoms with Gasteiger partial charge >= 0.3 is 0 Å². The second kappa shape index (κ2) is 7.50. The normalized spacial score (nSPS) is 13.0. The number of methoxy groups -OCH3 is 1. The lowest BCUT2D eigenvalue weighted by Crippen LogP contribution is -2.35. The number of ether oxygens (including phenoxy) is 1. The van der Waals surface area contributed by atoms with Crippen LogP contribution in [0.5, 0.6) is 5.75 Å². The number of fused-ring (bicyclic) bond motifs is 1. The smallest absolute Gasteiger partial charge is 0.255 e. The molecule has 0 radical (unpaired) electrons. The first kappa shape index (κ1) is 17.1. The van der Waals surface area contributed by atoms with Crippen LogP contribution >= 0.6 is 0 Å². The molecule has 27 heavy (non-hydrogen) atoms. The maximum absolute atomic E-state index is 12.8. The molecule has 1 aromatic heterocycles. The van der Waals surface area contributed by atoms with E-state index in [1.54, 1.807) is 13.3 Å². The van der Waals surface area contributed by atoms with Gasteiger partial charge in [0.1, 0.15) is 11.6 Å². The number of nitrogens with one attached hydrogen (secondary N) is 1. The predicted octanol–water partition coefficient (Wildman–Crippen LogP) is 4.03. The third-order valence-electron chi connectivity index (χ3n) is 4.77. The van der Waals surface area contributed by atoms with Crippen LogP contribution in [0, 0.1) is 0 Å². The number of pyridine rings is 1. The summed E-state index contributed by atoms with van der Waals surface area (Å²) < 4.78 is 5.22. The van der Waals surface area contributed by atoms with Crippen molar-refractivity contribution in [1.29, 1.82) is 0 Å². The van der Waals surface area contributed by atoms with Crippen molar-refractivity contribution >= 4 is 17.4 Å². The Balaban J connectivity index is 1.45. The minimum absolute atomic E-state index is 0.0185. The first-order valence-corrected chi connectivity index (χ1v) is 8.96. The van der Waals surface area contributed by atoms with E-state index in [0.717, 1.165) is 24.4 Å². The Kier molecular flexibility index (Phi) is 4.75. The fourth-order valence-electron chi connectivity index (χ4n) is 3.29. The average Bonchev–Trinajstić information content (AvgIpc) is 2.73. The number of nitrogens with zero attached hydrogens (tertiary/aromatic N) is 2. The van der Waals surface area contributed by atoms with E-state index in [4.69, 9.17) is 4.74 Å². The van der Waals surface area contributed by atoms with E-state index in [-0.39, 0.29) is 5.91 Å². The molecule has 4 rings (SSSR count). The number of hydrogen-bond donors (Lipinski definition) is 1. The highest BCUT2D eigenvalue weighted by Crippen LogP contribution is 2.22. The molecule has 1 N–H and O–H groups in total. The molecule has 2 heterocycles. The maximum atomic E-state index is 12.8. The van der Waals surface area contributed by atoms with Gasteiger partial charge in [-0.3, -0.25) is 4.79 Å². The Morgan fingerprint density at radius 1 is 1.07 bits per heavy atom. The van der Waals surface area contributed by atoms with E-state index in [0.29, 0.717) is 17.9 Å². The van der Waals surface area contributed by atoms with Gasteiger partial charge in [-0.2, -0.15) is 0 Å². The molecule has 136 valence electrons. The standard InChI is InChI=1S/C22H21N3O2/c1-27-20-8-4-7-19(13-20)24-21-10-9-17(14-23-21)22(26)25-12-11-16-5-2-3-6-18(16)15-25/h2-10,13-14H,11-12,15H2,1H3,(H,23,24). The molecule has 5 heteroatoms. The third-order valence-corrected chi connectivity index (χ3v) is 4.77. The number of hydrogen-bond acceptors (Lipinski definition) is 4. The highest BCUT2D eigenvalue weighted by Gasteiger charge is 2.21. The van der Waals surface area contributed by atoms with Crippen LogP contribution in [-0.2, 0) is 13.0 Å². The zero-order valence-corrected chi connectivity index (χ0v) is 15.2. The first-order chi connectivity index (χ1) is 13.2. The molecule has 0 bridgehead atoms. The van der Waals surface area contributed by atoms with Crippen molar-refractivity contribution < 1.29 is 9.53 Å². The highest BCUT2D eigenvalue weighted by molar-refractivity contribution is 5.94. The van der Waals surface area contributed by atoms with Crippen LogP contribution < -0.4 is 10.1 Å². The molecule has 0 unspecified atom stereocenters. The van der Waals surface area contributed by atoms with Crippen LogP contribution in [0.25, 0.3) is 0 Å². The minimum Gasteiger partial charge on any atom is -0.497 e. The summed E-state index contributed by atoms with van der Waals surface area (Å²) in [5.74, 6) is 1.48. The summed E-state index contributed by atoms with van der Waals surface area (Å²) in [5.41, 5.74) is 4.04. The van der Waals surface area contributed by atoms with Crippen LogP contribution in [0.15, 0.2) is 66.9 Å². The van der Waals surface area contributed by atoms with Crippen LogP contribution in [0.2, 0.25) is 0 Å². The highest BCUT2D eigenvalue weighted by atomic mass is 16.5. The molecule has 0 saturated carbocycles. The second-order valence-electron chi connectivity index (χ2n) is 6.53. The van der Waals surface area contributed by atoms with Gasteiger partial charge in [0.15, 0.2) is 0 Å². The fraction of sp³-hybridized carbons (Fsp3) is 0.182. The van der Waals surface area contributed by atoms with Gasteiger partial charge in [0.25, 0.3) is 5.91 Å². The van der Waals surface area contributed by atoms with Crippen molar-refractivity contribution in [3.63, 3.8) is 0 Å². The van der Waals surface area contributed by atoms with Crippen LogP contribution in [0.3, 0.4) is 0 Å². The molecule has 0 atom stereocenters. The van der Waals surface area contributed by atoms with E-state index in [1.165, 1.54) is 11.1 Å². The molecule has 1 amide bonds. The molecular weight excluding hydrogens is 338 g/mol. The first-order valence-electron chi connectivity index (χ1n) is 8.96. The quantitative estimate of drug-likeness (QED) is 0.764. The SMILES string of the molecule is COc1cccc(Nc2ccc(C(=O)N3CCc4ccccc4C3)cn2)c1. The zero-order chi connectivity index (χ0) is 18.6. The van der Waals surface area contributed by atoms with E-state index in [9.17, 15) is 4.79 Å². The number of anilines is 2. The minimum atomic E-state index is 0.0185. The summed E-state index contributed by atoms with van der Waals surface area (Å²) in [6.07, 6.45) is 2.52. The van der Waals surface area contributed by atoms with Gasteiger partial charge < -0.3 is 15.0 Å². The summed E-state index contributed by atoms with van der Waals surface area (Å²) in [5, 5.41) is 3.22. The van der Waals surface area contributed by atoms with Crippen molar-refractivity contribution in [2.24, 2.45) is 0 Å².